The van der Waals surface area contributed by atoms with Crippen molar-refractivity contribution in [3.8, 4) is 5.88 Å². The standard InChI is InChI=1S/C12H20N4O2/c1-17-7-9-4-3-5-16(6-9)11-10(13)12(18-2)15-8-14-11/h8-9H,3-7,13H2,1-2H3. The van der Waals surface area contributed by atoms with Crippen LogP contribution in [0.25, 0.3) is 0 Å². The summed E-state index contributed by atoms with van der Waals surface area (Å²) in [5.41, 5.74) is 6.53. The molecule has 0 spiro atoms. The second kappa shape index (κ2) is 5.86. The Balaban J connectivity index is 2.15. The molecule has 2 heterocycles. The monoisotopic (exact) mass is 252 g/mol. The zero-order valence-corrected chi connectivity index (χ0v) is 10.9. The fourth-order valence-electron chi connectivity index (χ4n) is 2.41. The maximum Gasteiger partial charge on any atom is 0.242 e. The van der Waals surface area contributed by atoms with Crippen LogP contribution < -0.4 is 15.4 Å². The number of hydrogen-bond donors (Lipinski definition) is 1. The van der Waals surface area contributed by atoms with Gasteiger partial charge in [0.2, 0.25) is 5.88 Å². The highest BCUT2D eigenvalue weighted by atomic mass is 16.5. The number of methoxy groups -OCH3 is 2. The molecule has 0 saturated carbocycles. The zero-order valence-electron chi connectivity index (χ0n) is 10.9. The normalized spacial score (nSPS) is 19.9. The van der Waals surface area contributed by atoms with Crippen LogP contribution >= 0.6 is 0 Å². The topological polar surface area (TPSA) is 73.5 Å². The summed E-state index contributed by atoms with van der Waals surface area (Å²) in [7, 11) is 3.30. The van der Waals surface area contributed by atoms with Crippen LogP contribution in [0.5, 0.6) is 5.88 Å². The molecule has 6 heteroatoms. The summed E-state index contributed by atoms with van der Waals surface area (Å²) in [6.45, 7) is 2.65. The van der Waals surface area contributed by atoms with E-state index < -0.39 is 0 Å². The van der Waals surface area contributed by atoms with E-state index in [1.54, 1.807) is 14.2 Å². The summed E-state index contributed by atoms with van der Waals surface area (Å²) in [5.74, 6) is 1.74. The summed E-state index contributed by atoms with van der Waals surface area (Å²) < 4.78 is 10.3. The van der Waals surface area contributed by atoms with Crippen LogP contribution in [0.1, 0.15) is 12.8 Å². The molecule has 1 aromatic heterocycles. The summed E-state index contributed by atoms with van der Waals surface area (Å²) in [6, 6.07) is 0. The molecule has 100 valence electrons. The predicted octanol–water partition coefficient (Wildman–Crippen LogP) is 0.930. The van der Waals surface area contributed by atoms with Gasteiger partial charge in [-0.15, -0.1) is 0 Å². The summed E-state index contributed by atoms with van der Waals surface area (Å²) in [5, 5.41) is 0. The lowest BCUT2D eigenvalue weighted by Gasteiger charge is -2.33. The van der Waals surface area contributed by atoms with Crippen molar-refractivity contribution in [3.63, 3.8) is 0 Å². The molecule has 0 amide bonds. The smallest absolute Gasteiger partial charge is 0.242 e. The fraction of sp³-hybridized carbons (Fsp3) is 0.667. The Morgan fingerprint density at radius 3 is 3.00 bits per heavy atom. The van der Waals surface area contributed by atoms with E-state index >= 15 is 0 Å². The third-order valence-electron chi connectivity index (χ3n) is 3.24. The number of piperidine rings is 1. The molecule has 0 bridgehead atoms. The van der Waals surface area contributed by atoms with Crippen LogP contribution in [0.2, 0.25) is 0 Å². The lowest BCUT2D eigenvalue weighted by Crippen LogP contribution is -2.38. The molecule has 1 saturated heterocycles. The Bertz CT molecular complexity index is 398. The first kappa shape index (κ1) is 12.9. The predicted molar refractivity (Wildman–Crippen MR) is 69.8 cm³/mol. The number of hydrogen-bond acceptors (Lipinski definition) is 6. The molecular weight excluding hydrogens is 232 g/mol. The Labute approximate surface area is 107 Å². The minimum Gasteiger partial charge on any atom is -0.479 e. The summed E-state index contributed by atoms with van der Waals surface area (Å²) in [4.78, 5) is 10.5. The molecule has 1 fully saturated rings. The highest BCUT2D eigenvalue weighted by Gasteiger charge is 2.23. The molecule has 0 aromatic carbocycles. The van der Waals surface area contributed by atoms with Crippen LogP contribution in [-0.4, -0.2) is 43.9 Å². The summed E-state index contributed by atoms with van der Waals surface area (Å²) >= 11 is 0. The van der Waals surface area contributed by atoms with E-state index in [4.69, 9.17) is 15.2 Å². The van der Waals surface area contributed by atoms with Crippen LogP contribution in [0.3, 0.4) is 0 Å². The Kier molecular flexibility index (Phi) is 4.19. The number of rotatable bonds is 4. The van der Waals surface area contributed by atoms with Gasteiger partial charge in [-0.05, 0) is 18.8 Å². The highest BCUT2D eigenvalue weighted by Crippen LogP contribution is 2.30. The number of nitrogen functional groups attached to an aromatic ring is 1. The van der Waals surface area contributed by atoms with Crippen molar-refractivity contribution in [1.29, 1.82) is 0 Å². The minimum atomic E-state index is 0.439. The molecule has 1 unspecified atom stereocenters. The number of anilines is 2. The summed E-state index contributed by atoms with van der Waals surface area (Å²) in [6.07, 6.45) is 3.80. The maximum absolute atomic E-state index is 6.02. The SMILES string of the molecule is COCC1CCCN(c2ncnc(OC)c2N)C1. The van der Waals surface area contributed by atoms with Crippen molar-refractivity contribution in [2.24, 2.45) is 5.92 Å². The molecule has 1 aliphatic heterocycles. The lowest BCUT2D eigenvalue weighted by atomic mass is 9.99. The highest BCUT2D eigenvalue weighted by molar-refractivity contribution is 5.67. The van der Waals surface area contributed by atoms with E-state index in [1.807, 2.05) is 0 Å². The van der Waals surface area contributed by atoms with Crippen LogP contribution in [0, 0.1) is 5.92 Å². The van der Waals surface area contributed by atoms with Gasteiger partial charge in [-0.1, -0.05) is 0 Å². The van der Waals surface area contributed by atoms with Gasteiger partial charge in [0.05, 0.1) is 13.7 Å². The van der Waals surface area contributed by atoms with Crippen molar-refractivity contribution in [2.45, 2.75) is 12.8 Å². The molecule has 1 atom stereocenters. The van der Waals surface area contributed by atoms with Crippen LogP contribution in [-0.2, 0) is 4.74 Å². The van der Waals surface area contributed by atoms with Gasteiger partial charge in [0.25, 0.3) is 0 Å². The van der Waals surface area contributed by atoms with E-state index in [0.717, 1.165) is 31.9 Å². The molecule has 18 heavy (non-hydrogen) atoms. The van der Waals surface area contributed by atoms with Gasteiger partial charge in [0.15, 0.2) is 5.82 Å². The van der Waals surface area contributed by atoms with E-state index in [2.05, 4.69) is 14.9 Å². The zero-order chi connectivity index (χ0) is 13.0. The second-order valence-corrected chi connectivity index (χ2v) is 4.53. The van der Waals surface area contributed by atoms with E-state index in [-0.39, 0.29) is 0 Å². The molecule has 0 aliphatic carbocycles. The first-order chi connectivity index (χ1) is 8.76. The quantitative estimate of drug-likeness (QED) is 0.859. The van der Waals surface area contributed by atoms with Gasteiger partial charge in [-0.25, -0.2) is 4.98 Å². The first-order valence-corrected chi connectivity index (χ1v) is 6.14. The third-order valence-corrected chi connectivity index (χ3v) is 3.24. The maximum atomic E-state index is 6.02. The van der Waals surface area contributed by atoms with Crippen LogP contribution in [0.15, 0.2) is 6.33 Å². The Morgan fingerprint density at radius 2 is 2.28 bits per heavy atom. The molecule has 1 aromatic rings. The van der Waals surface area contributed by atoms with Crippen molar-refractivity contribution >= 4 is 11.5 Å². The number of ether oxygens (including phenoxy) is 2. The second-order valence-electron chi connectivity index (χ2n) is 4.53. The largest absolute Gasteiger partial charge is 0.479 e. The van der Waals surface area contributed by atoms with Crippen molar-refractivity contribution in [1.82, 2.24) is 9.97 Å². The van der Waals surface area contributed by atoms with E-state index in [0.29, 0.717) is 17.5 Å². The van der Waals surface area contributed by atoms with Gasteiger partial charge in [-0.2, -0.15) is 4.98 Å². The molecule has 0 radical (unpaired) electrons. The molecule has 2 rings (SSSR count). The van der Waals surface area contributed by atoms with Gasteiger partial charge in [0.1, 0.15) is 12.0 Å². The number of aromatic nitrogens is 2. The lowest BCUT2D eigenvalue weighted by molar-refractivity contribution is 0.143. The third kappa shape index (κ3) is 2.64. The van der Waals surface area contributed by atoms with Gasteiger partial charge in [-0.3, -0.25) is 0 Å². The first-order valence-electron chi connectivity index (χ1n) is 6.14. The van der Waals surface area contributed by atoms with Crippen molar-refractivity contribution < 1.29 is 9.47 Å². The van der Waals surface area contributed by atoms with Crippen LogP contribution in [0.4, 0.5) is 11.5 Å². The van der Waals surface area contributed by atoms with E-state index in [1.165, 1.54) is 12.7 Å². The number of nitrogens with zero attached hydrogens (tertiary/aromatic N) is 3. The minimum absolute atomic E-state index is 0.439. The molecule has 6 nitrogen and oxygen atoms in total. The van der Waals surface area contributed by atoms with E-state index in [9.17, 15) is 0 Å². The fourth-order valence-corrected chi connectivity index (χ4v) is 2.41. The van der Waals surface area contributed by atoms with Gasteiger partial charge >= 0.3 is 0 Å². The Hall–Kier alpha value is -1.56. The van der Waals surface area contributed by atoms with Crippen molar-refractivity contribution in [2.75, 3.05) is 44.5 Å². The average Bonchev–Trinajstić information content (AvgIpc) is 2.40. The molecule has 1 aliphatic rings. The molecular formula is C12H20N4O2. The average molecular weight is 252 g/mol. The van der Waals surface area contributed by atoms with Crippen molar-refractivity contribution in [3.05, 3.63) is 6.33 Å². The molecule has 2 N–H and O–H groups in total. The van der Waals surface area contributed by atoms with Gasteiger partial charge < -0.3 is 20.1 Å². The number of nitrogens with two attached hydrogens (primary N) is 1. The Morgan fingerprint density at radius 1 is 1.44 bits per heavy atom. The van der Waals surface area contributed by atoms with Gasteiger partial charge in [0, 0.05) is 20.2 Å².